The van der Waals surface area contributed by atoms with E-state index in [0.717, 1.165) is 5.41 Å². The summed E-state index contributed by atoms with van der Waals surface area (Å²) >= 11 is 1.37. The Kier molecular flexibility index (Phi) is 2.31. The van der Waals surface area contributed by atoms with E-state index in [2.05, 4.69) is 10.8 Å². The van der Waals surface area contributed by atoms with Crippen LogP contribution in [-0.2, 0) is 10.1 Å². The molecular weight excluding hydrogens is 184 g/mol. The smallest absolute Gasteiger partial charge is 0.331 e. The first kappa shape index (κ1) is 8.29. The molecule has 0 unspecified atom stereocenters. The largest absolute Gasteiger partial charge is 0.379 e. The Balaban J connectivity index is 2.79. The van der Waals surface area contributed by atoms with Crippen LogP contribution in [0.1, 0.15) is 0 Å². The lowest BCUT2D eigenvalue weighted by molar-refractivity contribution is 0.498. The third-order valence-corrected chi connectivity index (χ3v) is 2.41. The summed E-state index contributed by atoms with van der Waals surface area (Å²) in [5, 5.41) is 4.10. The molecular formula is C6H6O3S2. The number of thiophene rings is 1. The van der Waals surface area contributed by atoms with Crippen molar-refractivity contribution >= 4 is 21.5 Å². The summed E-state index contributed by atoms with van der Waals surface area (Å²) in [4.78, 5) is 0. The monoisotopic (exact) mass is 190 g/mol. The van der Waals surface area contributed by atoms with E-state index in [4.69, 9.17) is 0 Å². The van der Waals surface area contributed by atoms with Crippen molar-refractivity contribution in [2.24, 2.45) is 0 Å². The Morgan fingerprint density at radius 1 is 1.64 bits per heavy atom. The van der Waals surface area contributed by atoms with Crippen molar-refractivity contribution in [3.05, 3.63) is 28.8 Å². The van der Waals surface area contributed by atoms with E-state index in [0.29, 0.717) is 5.75 Å². The third-order valence-electron chi connectivity index (χ3n) is 0.912. The van der Waals surface area contributed by atoms with Crippen LogP contribution in [0.5, 0.6) is 5.75 Å². The minimum Gasteiger partial charge on any atom is -0.379 e. The normalized spacial score (nSPS) is 10.9. The first-order valence-corrected chi connectivity index (χ1v) is 5.14. The van der Waals surface area contributed by atoms with E-state index in [1.165, 1.54) is 11.3 Å². The molecule has 0 saturated heterocycles. The molecule has 11 heavy (non-hydrogen) atoms. The van der Waals surface area contributed by atoms with Crippen molar-refractivity contribution in [1.29, 1.82) is 0 Å². The lowest BCUT2D eigenvalue weighted by Gasteiger charge is -1.97. The average Bonchev–Trinajstić information content (AvgIpc) is 2.39. The van der Waals surface area contributed by atoms with Crippen molar-refractivity contribution in [1.82, 2.24) is 0 Å². The number of rotatable bonds is 3. The molecule has 1 aromatic heterocycles. The first-order valence-electron chi connectivity index (χ1n) is 2.73. The quantitative estimate of drug-likeness (QED) is 0.680. The highest BCUT2D eigenvalue weighted by molar-refractivity contribution is 7.90. The van der Waals surface area contributed by atoms with Crippen LogP contribution < -0.4 is 4.18 Å². The second-order valence-electron chi connectivity index (χ2n) is 1.70. The summed E-state index contributed by atoms with van der Waals surface area (Å²) in [7, 11) is -3.57. The van der Waals surface area contributed by atoms with Gasteiger partial charge in [0.1, 0.15) is 0 Å². The van der Waals surface area contributed by atoms with Crippen LogP contribution in [-0.4, -0.2) is 8.42 Å². The lowest BCUT2D eigenvalue weighted by atomic mass is 10.6. The highest BCUT2D eigenvalue weighted by Crippen LogP contribution is 2.16. The van der Waals surface area contributed by atoms with Crippen LogP contribution in [0.25, 0.3) is 0 Å². The van der Waals surface area contributed by atoms with Gasteiger partial charge in [-0.3, -0.25) is 0 Å². The first-order chi connectivity index (χ1) is 5.14. The second-order valence-corrected chi connectivity index (χ2v) is 3.97. The maximum absolute atomic E-state index is 10.7. The number of hydrogen-bond acceptors (Lipinski definition) is 4. The molecule has 0 aliphatic rings. The molecule has 0 atom stereocenters. The van der Waals surface area contributed by atoms with Gasteiger partial charge in [0, 0.05) is 5.38 Å². The molecule has 3 nitrogen and oxygen atoms in total. The Bertz CT molecular complexity index is 323. The zero-order chi connectivity index (χ0) is 8.32. The van der Waals surface area contributed by atoms with Crippen molar-refractivity contribution in [3.8, 4) is 5.75 Å². The summed E-state index contributed by atoms with van der Waals surface area (Å²) in [5.74, 6) is 0.329. The maximum atomic E-state index is 10.7. The molecule has 1 heterocycles. The molecule has 60 valence electrons. The lowest BCUT2D eigenvalue weighted by Crippen LogP contribution is -2.03. The molecule has 1 aromatic rings. The summed E-state index contributed by atoms with van der Waals surface area (Å²) in [6, 6.07) is 1.58. The molecule has 0 aliphatic carbocycles. The summed E-state index contributed by atoms with van der Waals surface area (Å²) in [5.41, 5.74) is 0. The van der Waals surface area contributed by atoms with Crippen LogP contribution >= 0.6 is 11.3 Å². The average molecular weight is 190 g/mol. The zero-order valence-electron chi connectivity index (χ0n) is 5.56. The van der Waals surface area contributed by atoms with Gasteiger partial charge < -0.3 is 4.18 Å². The molecule has 0 saturated carbocycles. The van der Waals surface area contributed by atoms with Crippen molar-refractivity contribution in [2.75, 3.05) is 0 Å². The van der Waals surface area contributed by atoms with Crippen LogP contribution in [0.15, 0.2) is 28.8 Å². The van der Waals surface area contributed by atoms with Crippen LogP contribution in [0.4, 0.5) is 0 Å². The fourth-order valence-electron chi connectivity index (χ4n) is 0.468. The van der Waals surface area contributed by atoms with Crippen LogP contribution in [0.3, 0.4) is 0 Å². The van der Waals surface area contributed by atoms with Gasteiger partial charge in [-0.2, -0.15) is 8.42 Å². The van der Waals surface area contributed by atoms with Gasteiger partial charge in [-0.25, -0.2) is 0 Å². The van der Waals surface area contributed by atoms with Crippen LogP contribution in [0, 0.1) is 0 Å². The molecule has 0 aromatic carbocycles. The van der Waals surface area contributed by atoms with Gasteiger partial charge in [-0.05, 0) is 11.4 Å². The van der Waals surface area contributed by atoms with Crippen LogP contribution in [0.2, 0.25) is 0 Å². The third kappa shape index (κ3) is 2.36. The van der Waals surface area contributed by atoms with E-state index in [1.54, 1.807) is 16.8 Å². The summed E-state index contributed by atoms with van der Waals surface area (Å²) in [6.45, 7) is 3.10. The van der Waals surface area contributed by atoms with Gasteiger partial charge in [0.2, 0.25) is 0 Å². The van der Waals surface area contributed by atoms with E-state index in [9.17, 15) is 8.42 Å². The van der Waals surface area contributed by atoms with E-state index < -0.39 is 10.1 Å². The Morgan fingerprint density at radius 2 is 2.36 bits per heavy atom. The second kappa shape index (κ2) is 3.06. The molecule has 0 N–H and O–H groups in total. The molecule has 5 heteroatoms. The minimum absolute atomic E-state index is 0.329. The summed E-state index contributed by atoms with van der Waals surface area (Å²) < 4.78 is 26.0. The van der Waals surface area contributed by atoms with Crippen molar-refractivity contribution in [3.63, 3.8) is 0 Å². The van der Waals surface area contributed by atoms with Crippen molar-refractivity contribution in [2.45, 2.75) is 0 Å². The van der Waals surface area contributed by atoms with Crippen molar-refractivity contribution < 1.29 is 12.6 Å². The fraction of sp³-hybridized carbons (Fsp3) is 0. The topological polar surface area (TPSA) is 43.4 Å². The molecule has 0 amide bonds. The zero-order valence-corrected chi connectivity index (χ0v) is 7.19. The highest BCUT2D eigenvalue weighted by atomic mass is 32.2. The predicted molar refractivity (Wildman–Crippen MR) is 44.1 cm³/mol. The summed E-state index contributed by atoms with van der Waals surface area (Å²) in [6.07, 6.45) is 0. The van der Waals surface area contributed by atoms with E-state index in [1.807, 2.05) is 0 Å². The van der Waals surface area contributed by atoms with Gasteiger partial charge in [0.25, 0.3) is 0 Å². The highest BCUT2D eigenvalue weighted by Gasteiger charge is 2.05. The molecule has 0 bridgehead atoms. The van der Waals surface area contributed by atoms with Gasteiger partial charge in [0.05, 0.1) is 5.41 Å². The standard InChI is InChI=1S/C6H6O3S2/c1-2-11(7,8)9-6-3-4-10-5-6/h2-5H,1H2. The van der Waals surface area contributed by atoms with E-state index in [-0.39, 0.29) is 0 Å². The fourth-order valence-corrected chi connectivity index (χ4v) is 1.52. The molecule has 0 radical (unpaired) electrons. The van der Waals surface area contributed by atoms with Gasteiger partial charge >= 0.3 is 10.1 Å². The maximum Gasteiger partial charge on any atom is 0.331 e. The number of hydrogen-bond donors (Lipinski definition) is 0. The minimum atomic E-state index is -3.57. The SMILES string of the molecule is C=CS(=O)(=O)Oc1ccsc1. The Hall–Kier alpha value is -0.810. The van der Waals surface area contributed by atoms with Gasteiger partial charge in [-0.15, -0.1) is 11.3 Å². The Labute approximate surface area is 69.1 Å². The molecule has 1 rings (SSSR count). The molecule has 0 spiro atoms. The van der Waals surface area contributed by atoms with Gasteiger partial charge in [-0.1, -0.05) is 6.58 Å². The molecule has 0 fully saturated rings. The van der Waals surface area contributed by atoms with Gasteiger partial charge in [0.15, 0.2) is 5.75 Å². The molecule has 0 aliphatic heterocycles. The Morgan fingerprint density at radius 3 is 2.82 bits per heavy atom. The predicted octanol–water partition coefficient (Wildman–Crippen LogP) is 1.60. The van der Waals surface area contributed by atoms with E-state index >= 15 is 0 Å².